The van der Waals surface area contributed by atoms with Gasteiger partial charge in [0.25, 0.3) is 5.91 Å². The number of piperazine rings is 1. The molecule has 0 radical (unpaired) electrons. The molecule has 1 atom stereocenters. The van der Waals surface area contributed by atoms with Crippen molar-refractivity contribution in [3.05, 3.63) is 34.9 Å². The smallest absolute Gasteiger partial charge is 0.251 e. The van der Waals surface area contributed by atoms with E-state index < -0.39 is 0 Å². The molecule has 1 aromatic rings. The Morgan fingerprint density at radius 3 is 2.54 bits per heavy atom. The van der Waals surface area contributed by atoms with Gasteiger partial charge in [-0.15, -0.1) is 24.0 Å². The summed E-state index contributed by atoms with van der Waals surface area (Å²) in [4.78, 5) is 21.1. The summed E-state index contributed by atoms with van der Waals surface area (Å²) in [5.74, 6) is 1.08. The fourth-order valence-corrected chi connectivity index (χ4v) is 3.88. The fourth-order valence-electron chi connectivity index (χ4n) is 3.88. The van der Waals surface area contributed by atoms with E-state index in [-0.39, 0.29) is 36.0 Å². The Kier molecular flexibility index (Phi) is 9.01. The monoisotopic (exact) mass is 500 g/mol. The number of nitrogens with one attached hydrogen (secondary N) is 1. The number of nitrogens with zero attached hydrogens (tertiary/aromatic N) is 3. The minimum atomic E-state index is -0.216. The van der Waals surface area contributed by atoms with Crippen LogP contribution in [0.3, 0.4) is 0 Å². The number of hydrogen-bond donors (Lipinski definition) is 1. The van der Waals surface area contributed by atoms with Crippen molar-refractivity contribution < 1.29 is 9.53 Å². The van der Waals surface area contributed by atoms with E-state index in [4.69, 9.17) is 4.74 Å². The van der Waals surface area contributed by atoms with Crippen LogP contribution in [0.15, 0.2) is 23.2 Å². The molecule has 0 bridgehead atoms. The summed E-state index contributed by atoms with van der Waals surface area (Å²) in [5.41, 5.74) is 4.01. The molecule has 3 rings (SSSR count). The molecule has 1 aromatic carbocycles. The molecule has 2 heterocycles. The lowest BCUT2D eigenvalue weighted by molar-refractivity contribution is -0.142. The highest BCUT2D eigenvalue weighted by molar-refractivity contribution is 14.0. The van der Waals surface area contributed by atoms with Crippen molar-refractivity contribution in [3.8, 4) is 0 Å². The van der Waals surface area contributed by atoms with Gasteiger partial charge in [0.2, 0.25) is 0 Å². The van der Waals surface area contributed by atoms with Gasteiger partial charge in [0, 0.05) is 46.4 Å². The second-order valence-corrected chi connectivity index (χ2v) is 7.47. The highest BCUT2D eigenvalue weighted by Gasteiger charge is 2.30. The Labute approximate surface area is 185 Å². The third kappa shape index (κ3) is 5.83. The first kappa shape index (κ1) is 22.9. The number of aliphatic imine (C=N–C) groups is 1. The van der Waals surface area contributed by atoms with Gasteiger partial charge in [-0.2, -0.15) is 0 Å². The van der Waals surface area contributed by atoms with Crippen LogP contribution in [0.4, 0.5) is 0 Å². The standard InChI is InChI=1S/C21H32N4O2.HI/c1-16-6-7-18(17(2)15-16)8-9-23-21(22-3)25-12-10-24(11-13-25)20(26)19-5-4-14-27-19;/h6-7,15,19H,4-5,8-14H2,1-3H3,(H,22,23);1H. The van der Waals surface area contributed by atoms with E-state index in [9.17, 15) is 4.79 Å². The number of benzene rings is 1. The topological polar surface area (TPSA) is 57.2 Å². The van der Waals surface area contributed by atoms with Gasteiger partial charge in [-0.3, -0.25) is 9.79 Å². The number of carbonyl (C=O) groups excluding carboxylic acids is 1. The molecule has 1 N–H and O–H groups in total. The number of ether oxygens (including phenoxy) is 1. The Morgan fingerprint density at radius 1 is 1.21 bits per heavy atom. The van der Waals surface area contributed by atoms with Crippen molar-refractivity contribution in [1.29, 1.82) is 0 Å². The van der Waals surface area contributed by atoms with E-state index in [1.54, 1.807) is 0 Å². The second-order valence-electron chi connectivity index (χ2n) is 7.47. The normalized spacial score (nSPS) is 20.1. The maximum absolute atomic E-state index is 12.5. The minimum absolute atomic E-state index is 0. The first-order chi connectivity index (χ1) is 13.1. The van der Waals surface area contributed by atoms with Crippen molar-refractivity contribution in [1.82, 2.24) is 15.1 Å². The first-order valence-corrected chi connectivity index (χ1v) is 10.0. The van der Waals surface area contributed by atoms with E-state index in [1.165, 1.54) is 16.7 Å². The lowest BCUT2D eigenvalue weighted by atomic mass is 10.0. The Balaban J connectivity index is 0.00000280. The van der Waals surface area contributed by atoms with Gasteiger partial charge < -0.3 is 19.9 Å². The lowest BCUT2D eigenvalue weighted by Crippen LogP contribution is -2.55. The number of amides is 1. The average molecular weight is 500 g/mol. The Morgan fingerprint density at radius 2 is 1.93 bits per heavy atom. The first-order valence-electron chi connectivity index (χ1n) is 10.0. The summed E-state index contributed by atoms with van der Waals surface area (Å²) in [7, 11) is 1.82. The highest BCUT2D eigenvalue weighted by atomic mass is 127. The Bertz CT molecular complexity index is 681. The Hall–Kier alpha value is -1.35. The number of hydrogen-bond acceptors (Lipinski definition) is 3. The van der Waals surface area contributed by atoms with Gasteiger partial charge in [-0.05, 0) is 44.2 Å². The van der Waals surface area contributed by atoms with E-state index in [0.29, 0.717) is 6.61 Å². The number of halogens is 1. The van der Waals surface area contributed by atoms with E-state index in [1.807, 2.05) is 11.9 Å². The van der Waals surface area contributed by atoms with Crippen LogP contribution in [-0.2, 0) is 16.0 Å². The minimum Gasteiger partial charge on any atom is -0.368 e. The van der Waals surface area contributed by atoms with Crippen molar-refractivity contribution >= 4 is 35.8 Å². The largest absolute Gasteiger partial charge is 0.368 e. The van der Waals surface area contributed by atoms with Gasteiger partial charge in [0.15, 0.2) is 5.96 Å². The van der Waals surface area contributed by atoms with Gasteiger partial charge in [-0.25, -0.2) is 0 Å². The summed E-state index contributed by atoms with van der Waals surface area (Å²) in [6.07, 6.45) is 2.61. The van der Waals surface area contributed by atoms with Gasteiger partial charge in [0.05, 0.1) is 0 Å². The predicted molar refractivity (Wildman–Crippen MR) is 124 cm³/mol. The lowest BCUT2D eigenvalue weighted by Gasteiger charge is -2.37. The van der Waals surface area contributed by atoms with Crippen molar-refractivity contribution in [2.24, 2.45) is 4.99 Å². The summed E-state index contributed by atoms with van der Waals surface area (Å²) < 4.78 is 5.53. The van der Waals surface area contributed by atoms with Crippen LogP contribution in [0.2, 0.25) is 0 Å². The molecule has 2 saturated heterocycles. The fraction of sp³-hybridized carbons (Fsp3) is 0.619. The number of rotatable bonds is 4. The molecule has 6 nitrogen and oxygen atoms in total. The molecule has 0 saturated carbocycles. The molecule has 28 heavy (non-hydrogen) atoms. The van der Waals surface area contributed by atoms with Gasteiger partial charge in [0.1, 0.15) is 6.10 Å². The third-order valence-corrected chi connectivity index (χ3v) is 5.48. The zero-order chi connectivity index (χ0) is 19.2. The summed E-state index contributed by atoms with van der Waals surface area (Å²) in [5, 5.41) is 3.48. The zero-order valence-corrected chi connectivity index (χ0v) is 19.6. The molecule has 0 spiro atoms. The molecule has 2 aliphatic rings. The van der Waals surface area contributed by atoms with Crippen LogP contribution in [0.25, 0.3) is 0 Å². The van der Waals surface area contributed by atoms with Gasteiger partial charge in [-0.1, -0.05) is 23.8 Å². The molecular weight excluding hydrogens is 467 g/mol. The van der Waals surface area contributed by atoms with E-state index in [0.717, 1.165) is 57.9 Å². The van der Waals surface area contributed by atoms with Crippen LogP contribution in [0.5, 0.6) is 0 Å². The molecule has 156 valence electrons. The summed E-state index contributed by atoms with van der Waals surface area (Å²) in [6, 6.07) is 6.61. The second kappa shape index (κ2) is 11.0. The molecule has 1 unspecified atom stereocenters. The maximum Gasteiger partial charge on any atom is 0.251 e. The quantitative estimate of drug-likeness (QED) is 0.392. The van der Waals surface area contributed by atoms with Gasteiger partial charge >= 0.3 is 0 Å². The SMILES string of the molecule is CN=C(NCCc1ccc(C)cc1C)N1CCN(C(=O)C2CCCO2)CC1.I. The maximum atomic E-state index is 12.5. The molecule has 0 aliphatic carbocycles. The number of aryl methyl sites for hydroxylation is 2. The summed E-state index contributed by atoms with van der Waals surface area (Å²) in [6.45, 7) is 8.94. The molecular formula is C21H33IN4O2. The van der Waals surface area contributed by atoms with Crippen LogP contribution in [0, 0.1) is 13.8 Å². The number of guanidine groups is 1. The third-order valence-electron chi connectivity index (χ3n) is 5.48. The van der Waals surface area contributed by atoms with Crippen molar-refractivity contribution in [2.75, 3.05) is 46.4 Å². The predicted octanol–water partition coefficient (Wildman–Crippen LogP) is 2.36. The molecule has 2 aliphatic heterocycles. The van der Waals surface area contributed by atoms with Crippen molar-refractivity contribution in [3.63, 3.8) is 0 Å². The van der Waals surface area contributed by atoms with Crippen LogP contribution in [0.1, 0.15) is 29.5 Å². The molecule has 7 heteroatoms. The van der Waals surface area contributed by atoms with E-state index in [2.05, 4.69) is 47.3 Å². The summed E-state index contributed by atoms with van der Waals surface area (Å²) >= 11 is 0. The van der Waals surface area contributed by atoms with Crippen LogP contribution < -0.4 is 5.32 Å². The van der Waals surface area contributed by atoms with E-state index >= 15 is 0 Å². The highest BCUT2D eigenvalue weighted by Crippen LogP contribution is 2.16. The van der Waals surface area contributed by atoms with Crippen molar-refractivity contribution in [2.45, 2.75) is 39.2 Å². The average Bonchev–Trinajstić information content (AvgIpc) is 3.21. The zero-order valence-electron chi connectivity index (χ0n) is 17.2. The molecule has 1 amide bonds. The van der Waals surface area contributed by atoms with Crippen LogP contribution >= 0.6 is 24.0 Å². The molecule has 2 fully saturated rings. The van der Waals surface area contributed by atoms with Crippen LogP contribution in [-0.4, -0.2) is 74.1 Å². The number of carbonyl (C=O) groups is 1. The molecule has 0 aromatic heterocycles.